The summed E-state index contributed by atoms with van der Waals surface area (Å²) in [4.78, 5) is 38.3. The minimum atomic E-state index is -0.794. The summed E-state index contributed by atoms with van der Waals surface area (Å²) in [6.07, 6.45) is 94.1. The van der Waals surface area contributed by atoms with E-state index in [1.165, 1.54) is 167 Å². The van der Waals surface area contributed by atoms with E-state index in [4.69, 9.17) is 14.2 Å². The molecule has 0 aromatic heterocycles. The Hall–Kier alpha value is -3.93. The molecule has 0 aliphatic carbocycles. The quantitative estimate of drug-likeness (QED) is 0.0261. The monoisotopic (exact) mass is 1120 g/mol. The Morgan fingerprint density at radius 1 is 0.259 bits per heavy atom. The van der Waals surface area contributed by atoms with Crippen LogP contribution in [-0.2, 0) is 28.6 Å². The molecule has 0 aliphatic rings. The van der Waals surface area contributed by atoms with Crippen molar-refractivity contribution in [3.8, 4) is 0 Å². The molecule has 0 aromatic rings. The molecule has 0 bridgehead atoms. The molecular weight excluding hydrogens is 997 g/mol. The molecule has 0 aromatic carbocycles. The first-order valence-electron chi connectivity index (χ1n) is 34.4. The molecule has 0 amide bonds. The van der Waals surface area contributed by atoms with Gasteiger partial charge in [0.1, 0.15) is 13.2 Å². The Bertz CT molecular complexity index is 1620. The van der Waals surface area contributed by atoms with Crippen molar-refractivity contribution in [2.24, 2.45) is 0 Å². The first-order chi connectivity index (χ1) is 40.0. The topological polar surface area (TPSA) is 78.9 Å². The molecule has 0 saturated heterocycles. The van der Waals surface area contributed by atoms with Gasteiger partial charge in [0.2, 0.25) is 0 Å². The van der Waals surface area contributed by atoms with Crippen LogP contribution in [0.25, 0.3) is 0 Å². The molecular formula is C75H128O6. The molecule has 0 heterocycles. The molecule has 0 spiro atoms. The second-order valence-corrected chi connectivity index (χ2v) is 22.7. The van der Waals surface area contributed by atoms with E-state index in [0.29, 0.717) is 19.3 Å². The maximum Gasteiger partial charge on any atom is 0.306 e. The molecule has 464 valence electrons. The number of unbranched alkanes of at least 4 members (excludes halogenated alkanes) is 33. The highest BCUT2D eigenvalue weighted by molar-refractivity contribution is 5.71. The van der Waals surface area contributed by atoms with Gasteiger partial charge in [0, 0.05) is 19.3 Å². The summed E-state index contributed by atoms with van der Waals surface area (Å²) in [5.74, 6) is -0.907. The summed E-state index contributed by atoms with van der Waals surface area (Å²) < 4.78 is 16.9. The fourth-order valence-corrected chi connectivity index (χ4v) is 9.70. The second kappa shape index (κ2) is 68.6. The van der Waals surface area contributed by atoms with Crippen molar-refractivity contribution < 1.29 is 28.6 Å². The third-order valence-corrected chi connectivity index (χ3v) is 14.8. The van der Waals surface area contributed by atoms with Gasteiger partial charge in [-0.15, -0.1) is 0 Å². The lowest BCUT2D eigenvalue weighted by Gasteiger charge is -2.18. The van der Waals surface area contributed by atoms with Crippen molar-refractivity contribution in [3.63, 3.8) is 0 Å². The molecule has 0 aliphatic heterocycles. The Kier molecular flexibility index (Phi) is 65.2. The highest BCUT2D eigenvalue weighted by Crippen LogP contribution is 2.17. The van der Waals surface area contributed by atoms with E-state index in [1.807, 2.05) is 0 Å². The number of allylic oxidation sites excluding steroid dienone is 18. The minimum absolute atomic E-state index is 0.0875. The van der Waals surface area contributed by atoms with Crippen molar-refractivity contribution in [1.82, 2.24) is 0 Å². The van der Waals surface area contributed by atoms with Crippen LogP contribution in [0.2, 0.25) is 0 Å². The fourth-order valence-electron chi connectivity index (χ4n) is 9.70. The maximum absolute atomic E-state index is 12.9. The van der Waals surface area contributed by atoms with E-state index >= 15 is 0 Å². The van der Waals surface area contributed by atoms with Crippen LogP contribution in [0.1, 0.15) is 329 Å². The van der Waals surface area contributed by atoms with Gasteiger partial charge in [0.15, 0.2) is 6.10 Å². The SMILES string of the molecule is CC/C=C\C/C=C\C/C=C\C/C=C\C/C=C\CCCCCC(=O)OC(COC(=O)CCCCCCCCCCCCC)COC(=O)CCCCCCCCCCCCCCCCCCCCCC/C=C\C/C=C\C/C=C\C/C=C\CC. The molecule has 6 heteroatoms. The summed E-state index contributed by atoms with van der Waals surface area (Å²) in [7, 11) is 0. The first kappa shape index (κ1) is 77.1. The zero-order valence-electron chi connectivity index (χ0n) is 53.3. The fraction of sp³-hybridized carbons (Fsp3) is 0.720. The van der Waals surface area contributed by atoms with Crippen LogP contribution in [-0.4, -0.2) is 37.2 Å². The van der Waals surface area contributed by atoms with Crippen molar-refractivity contribution in [2.45, 2.75) is 335 Å². The Balaban J connectivity index is 4.17. The lowest BCUT2D eigenvalue weighted by Crippen LogP contribution is -2.30. The average Bonchev–Trinajstić information content (AvgIpc) is 3.47. The molecule has 1 unspecified atom stereocenters. The highest BCUT2D eigenvalue weighted by Gasteiger charge is 2.19. The van der Waals surface area contributed by atoms with Crippen LogP contribution < -0.4 is 0 Å². The third-order valence-electron chi connectivity index (χ3n) is 14.8. The number of hydrogen-bond acceptors (Lipinski definition) is 6. The van der Waals surface area contributed by atoms with E-state index in [1.54, 1.807) is 0 Å². The number of carbonyl (C=O) groups is 3. The molecule has 0 rings (SSSR count). The number of ether oxygens (including phenoxy) is 3. The predicted molar refractivity (Wildman–Crippen MR) is 353 cm³/mol. The van der Waals surface area contributed by atoms with Crippen LogP contribution in [0.15, 0.2) is 109 Å². The van der Waals surface area contributed by atoms with Crippen LogP contribution in [0.3, 0.4) is 0 Å². The molecule has 81 heavy (non-hydrogen) atoms. The van der Waals surface area contributed by atoms with Gasteiger partial charge >= 0.3 is 17.9 Å². The summed E-state index contributed by atoms with van der Waals surface area (Å²) in [6.45, 7) is 6.41. The summed E-state index contributed by atoms with van der Waals surface area (Å²) in [6, 6.07) is 0. The van der Waals surface area contributed by atoms with Crippen molar-refractivity contribution >= 4 is 17.9 Å². The molecule has 0 radical (unpaired) electrons. The largest absolute Gasteiger partial charge is 0.462 e. The van der Waals surface area contributed by atoms with Gasteiger partial charge in [-0.25, -0.2) is 0 Å². The number of rotatable bonds is 62. The zero-order valence-corrected chi connectivity index (χ0v) is 53.3. The molecule has 0 saturated carbocycles. The first-order valence-corrected chi connectivity index (χ1v) is 34.4. The molecule has 1 atom stereocenters. The van der Waals surface area contributed by atoms with Gasteiger partial charge in [-0.05, 0) is 103 Å². The number of esters is 3. The number of hydrogen-bond donors (Lipinski definition) is 0. The van der Waals surface area contributed by atoms with Crippen molar-refractivity contribution in [1.29, 1.82) is 0 Å². The standard InChI is InChI=1S/C75H128O6/c1-4-7-10-13-16-19-22-24-26-28-30-31-32-33-34-35-36-37-38-39-40-41-42-43-45-46-48-50-53-56-59-62-65-68-74(77)80-71-72(70-79-73(76)67-64-61-58-55-52-21-18-15-12-9-6-3)81-75(78)69-66-63-60-57-54-51-49-47-44-29-27-25-23-20-17-14-11-8-5-2/h7-8,10-11,16-17,19-20,24-27,30-31,44,47,51,54,72H,4-6,9,12-15,18,21-23,28-29,32-43,45-46,48-50,52-53,55-71H2,1-3H3/b10-7-,11-8-,19-16-,20-17-,26-24-,27-25-,31-30-,47-44-,54-51-. The molecule has 0 N–H and O–H groups in total. The summed E-state index contributed by atoms with van der Waals surface area (Å²) >= 11 is 0. The van der Waals surface area contributed by atoms with Gasteiger partial charge in [0.05, 0.1) is 0 Å². The van der Waals surface area contributed by atoms with E-state index in [0.717, 1.165) is 122 Å². The van der Waals surface area contributed by atoms with Gasteiger partial charge in [-0.2, -0.15) is 0 Å². The summed E-state index contributed by atoms with van der Waals surface area (Å²) in [5.41, 5.74) is 0. The highest BCUT2D eigenvalue weighted by atomic mass is 16.6. The van der Waals surface area contributed by atoms with Crippen molar-refractivity contribution in [2.75, 3.05) is 13.2 Å². The van der Waals surface area contributed by atoms with E-state index < -0.39 is 6.10 Å². The third kappa shape index (κ3) is 66.8. The predicted octanol–water partition coefficient (Wildman–Crippen LogP) is 23.8. The van der Waals surface area contributed by atoms with Gasteiger partial charge in [0.25, 0.3) is 0 Å². The van der Waals surface area contributed by atoms with Crippen molar-refractivity contribution in [3.05, 3.63) is 109 Å². The smallest absolute Gasteiger partial charge is 0.306 e. The van der Waals surface area contributed by atoms with E-state index in [-0.39, 0.29) is 31.1 Å². The lowest BCUT2D eigenvalue weighted by molar-refractivity contribution is -0.167. The maximum atomic E-state index is 12.9. The van der Waals surface area contributed by atoms with E-state index in [9.17, 15) is 14.4 Å². The summed E-state index contributed by atoms with van der Waals surface area (Å²) in [5, 5.41) is 0. The van der Waals surface area contributed by atoms with Gasteiger partial charge in [-0.1, -0.05) is 316 Å². The molecule has 6 nitrogen and oxygen atoms in total. The average molecular weight is 1130 g/mol. The Morgan fingerprint density at radius 2 is 0.481 bits per heavy atom. The van der Waals surface area contributed by atoms with Crippen LogP contribution in [0.5, 0.6) is 0 Å². The van der Waals surface area contributed by atoms with Crippen LogP contribution in [0.4, 0.5) is 0 Å². The Labute approximate surface area is 501 Å². The molecule has 0 fully saturated rings. The van der Waals surface area contributed by atoms with Gasteiger partial charge < -0.3 is 14.2 Å². The van der Waals surface area contributed by atoms with Gasteiger partial charge in [-0.3, -0.25) is 14.4 Å². The van der Waals surface area contributed by atoms with E-state index in [2.05, 4.69) is 130 Å². The lowest BCUT2D eigenvalue weighted by atomic mass is 10.0. The minimum Gasteiger partial charge on any atom is -0.462 e. The second-order valence-electron chi connectivity index (χ2n) is 22.7. The normalized spacial score (nSPS) is 12.8. The zero-order chi connectivity index (χ0) is 58.5. The van der Waals surface area contributed by atoms with Crippen LogP contribution >= 0.6 is 0 Å². The number of carbonyl (C=O) groups excluding carboxylic acids is 3. The van der Waals surface area contributed by atoms with Crippen LogP contribution in [0, 0.1) is 0 Å². The Morgan fingerprint density at radius 3 is 0.765 bits per heavy atom.